The zero-order chi connectivity index (χ0) is 17.5. The zero-order valence-electron chi connectivity index (χ0n) is 12.8. The van der Waals surface area contributed by atoms with E-state index in [0.717, 1.165) is 12.1 Å². The summed E-state index contributed by atoms with van der Waals surface area (Å²) in [5.74, 6) is -2.39. The van der Waals surface area contributed by atoms with Crippen molar-refractivity contribution in [3.8, 4) is 11.5 Å². The van der Waals surface area contributed by atoms with Crippen LogP contribution in [0.1, 0.15) is 16.8 Å². The number of esters is 1. The lowest BCUT2D eigenvalue weighted by molar-refractivity contribution is -0.134. The van der Waals surface area contributed by atoms with Crippen LogP contribution in [-0.2, 0) is 4.79 Å². The first kappa shape index (κ1) is 17.4. The van der Waals surface area contributed by atoms with Crippen LogP contribution < -0.4 is 14.8 Å². The normalized spacial score (nSPS) is 10.1. The average molecular weight is 335 g/mol. The molecule has 0 bridgehead atoms. The van der Waals surface area contributed by atoms with Crippen molar-refractivity contribution < 1.29 is 27.8 Å². The van der Waals surface area contributed by atoms with Crippen LogP contribution in [0.4, 0.5) is 8.78 Å². The van der Waals surface area contributed by atoms with Gasteiger partial charge in [-0.05, 0) is 24.3 Å². The lowest BCUT2D eigenvalue weighted by Crippen LogP contribution is -2.28. The second-order valence-corrected chi connectivity index (χ2v) is 4.75. The molecule has 1 N–H and O–H groups in total. The molecule has 126 valence electrons. The molecule has 0 aliphatic heterocycles. The Labute approximate surface area is 137 Å². The molecule has 2 aromatic rings. The second-order valence-electron chi connectivity index (χ2n) is 4.75. The van der Waals surface area contributed by atoms with E-state index in [2.05, 4.69) is 5.32 Å². The fourth-order valence-electron chi connectivity index (χ4n) is 1.92. The minimum atomic E-state index is -0.968. The summed E-state index contributed by atoms with van der Waals surface area (Å²) >= 11 is 0. The molecular weight excluding hydrogens is 320 g/mol. The molecule has 0 aliphatic rings. The Hall–Kier alpha value is -2.96. The van der Waals surface area contributed by atoms with Gasteiger partial charge in [0.25, 0.3) is 5.91 Å². The Balaban J connectivity index is 1.85. The van der Waals surface area contributed by atoms with Gasteiger partial charge in [-0.25, -0.2) is 8.78 Å². The molecule has 2 aromatic carbocycles. The van der Waals surface area contributed by atoms with Gasteiger partial charge in [0.1, 0.15) is 11.6 Å². The Bertz CT molecular complexity index is 749. The molecule has 0 saturated carbocycles. The second kappa shape index (κ2) is 8.05. The van der Waals surface area contributed by atoms with Gasteiger partial charge in [-0.15, -0.1) is 0 Å². The first-order valence-corrected chi connectivity index (χ1v) is 7.08. The van der Waals surface area contributed by atoms with Crippen molar-refractivity contribution >= 4 is 11.9 Å². The van der Waals surface area contributed by atoms with Crippen LogP contribution in [0.15, 0.2) is 42.5 Å². The highest BCUT2D eigenvalue weighted by atomic mass is 19.1. The van der Waals surface area contributed by atoms with Crippen LogP contribution in [0.25, 0.3) is 0 Å². The average Bonchev–Trinajstić information content (AvgIpc) is 2.55. The molecule has 0 spiro atoms. The van der Waals surface area contributed by atoms with Gasteiger partial charge in [0, 0.05) is 12.6 Å². The third-order valence-electron chi connectivity index (χ3n) is 3.08. The van der Waals surface area contributed by atoms with Crippen molar-refractivity contribution in [1.82, 2.24) is 5.32 Å². The van der Waals surface area contributed by atoms with E-state index in [1.807, 2.05) is 0 Å². The minimum absolute atomic E-state index is 0.0520. The van der Waals surface area contributed by atoms with E-state index in [1.165, 1.54) is 7.11 Å². The number of halogens is 2. The number of hydrogen-bond donors (Lipinski definition) is 1. The van der Waals surface area contributed by atoms with Crippen LogP contribution in [0.3, 0.4) is 0 Å². The van der Waals surface area contributed by atoms with Crippen molar-refractivity contribution in [1.29, 1.82) is 0 Å². The maximum atomic E-state index is 13.5. The smallest absolute Gasteiger partial charge is 0.313 e. The predicted octanol–water partition coefficient (Wildman–Crippen LogP) is 2.70. The molecule has 0 aliphatic carbocycles. The van der Waals surface area contributed by atoms with Crippen LogP contribution in [0.2, 0.25) is 0 Å². The molecule has 0 fully saturated rings. The highest BCUT2D eigenvalue weighted by Crippen LogP contribution is 2.25. The molecule has 7 heteroatoms. The molecule has 0 aromatic heterocycles. The van der Waals surface area contributed by atoms with E-state index >= 15 is 0 Å². The number of methoxy groups -OCH3 is 1. The predicted molar refractivity (Wildman–Crippen MR) is 81.9 cm³/mol. The van der Waals surface area contributed by atoms with Crippen LogP contribution in [0, 0.1) is 11.6 Å². The summed E-state index contributed by atoms with van der Waals surface area (Å²) in [5, 5.41) is 2.37. The molecule has 0 atom stereocenters. The largest absolute Gasteiger partial charge is 0.493 e. The zero-order valence-corrected chi connectivity index (χ0v) is 12.8. The molecule has 0 unspecified atom stereocenters. The third-order valence-corrected chi connectivity index (χ3v) is 3.08. The summed E-state index contributed by atoms with van der Waals surface area (Å²) in [4.78, 5) is 23.5. The van der Waals surface area contributed by atoms with Gasteiger partial charge in [-0.2, -0.15) is 0 Å². The molecule has 0 heterocycles. The van der Waals surface area contributed by atoms with Gasteiger partial charge in [0.05, 0.1) is 19.1 Å². The number of carbonyl (C=O) groups is 2. The van der Waals surface area contributed by atoms with Gasteiger partial charge in [-0.1, -0.05) is 12.1 Å². The lowest BCUT2D eigenvalue weighted by atomic mass is 10.2. The highest BCUT2D eigenvalue weighted by molar-refractivity contribution is 5.94. The third kappa shape index (κ3) is 4.52. The molecule has 0 radical (unpaired) electrons. The first-order chi connectivity index (χ1) is 11.5. The molecule has 0 saturated heterocycles. The van der Waals surface area contributed by atoms with Gasteiger partial charge < -0.3 is 14.8 Å². The van der Waals surface area contributed by atoms with Crippen LogP contribution in [0.5, 0.6) is 11.5 Å². The monoisotopic (exact) mass is 335 g/mol. The summed E-state index contributed by atoms with van der Waals surface area (Å²) < 4.78 is 36.4. The molecular formula is C17H15F2NO4. The lowest BCUT2D eigenvalue weighted by Gasteiger charge is -2.09. The minimum Gasteiger partial charge on any atom is -0.493 e. The van der Waals surface area contributed by atoms with E-state index in [1.54, 1.807) is 24.3 Å². The van der Waals surface area contributed by atoms with E-state index in [-0.39, 0.29) is 24.3 Å². The standard InChI is InChI=1S/C17H15F2NO4/c1-23-14-4-2-3-5-15(14)24-16(21)8-9-20-17(22)12-7-6-11(18)10-13(12)19/h2-7,10H,8-9H2,1H3,(H,20,22). The summed E-state index contributed by atoms with van der Waals surface area (Å²) in [6.45, 7) is -0.0520. The van der Waals surface area contributed by atoms with Crippen molar-refractivity contribution in [2.75, 3.05) is 13.7 Å². The van der Waals surface area contributed by atoms with Crippen LogP contribution >= 0.6 is 0 Å². The van der Waals surface area contributed by atoms with Gasteiger partial charge in [0.15, 0.2) is 11.5 Å². The molecule has 5 nitrogen and oxygen atoms in total. The molecule has 2 rings (SSSR count). The number of amides is 1. The van der Waals surface area contributed by atoms with Crippen molar-refractivity contribution in [3.05, 3.63) is 59.7 Å². The Kier molecular flexibility index (Phi) is 5.83. The number of carbonyl (C=O) groups excluding carboxylic acids is 2. The first-order valence-electron chi connectivity index (χ1n) is 7.08. The topological polar surface area (TPSA) is 64.6 Å². The molecule has 24 heavy (non-hydrogen) atoms. The quantitative estimate of drug-likeness (QED) is 0.651. The number of para-hydroxylation sites is 2. The fraction of sp³-hybridized carbons (Fsp3) is 0.176. The number of hydrogen-bond acceptors (Lipinski definition) is 4. The summed E-state index contributed by atoms with van der Waals surface area (Å²) in [5.41, 5.74) is -0.297. The number of nitrogens with one attached hydrogen (secondary N) is 1. The van der Waals surface area contributed by atoms with Crippen molar-refractivity contribution in [2.24, 2.45) is 0 Å². The maximum absolute atomic E-state index is 13.5. The SMILES string of the molecule is COc1ccccc1OC(=O)CCNC(=O)c1ccc(F)cc1F. The Morgan fingerprint density at radius 3 is 2.46 bits per heavy atom. The molecule has 1 amide bonds. The van der Waals surface area contributed by atoms with E-state index in [9.17, 15) is 18.4 Å². The van der Waals surface area contributed by atoms with E-state index < -0.39 is 23.5 Å². The van der Waals surface area contributed by atoms with Crippen LogP contribution in [-0.4, -0.2) is 25.5 Å². The fourth-order valence-corrected chi connectivity index (χ4v) is 1.92. The van der Waals surface area contributed by atoms with Crippen molar-refractivity contribution in [3.63, 3.8) is 0 Å². The summed E-state index contributed by atoms with van der Waals surface area (Å²) in [6.07, 6.45) is -0.118. The number of ether oxygens (including phenoxy) is 2. The summed E-state index contributed by atoms with van der Waals surface area (Å²) in [6, 6.07) is 9.26. The summed E-state index contributed by atoms with van der Waals surface area (Å²) in [7, 11) is 1.45. The number of rotatable bonds is 6. The van der Waals surface area contributed by atoms with Gasteiger partial charge in [-0.3, -0.25) is 9.59 Å². The van der Waals surface area contributed by atoms with Gasteiger partial charge >= 0.3 is 5.97 Å². The highest BCUT2D eigenvalue weighted by Gasteiger charge is 2.14. The van der Waals surface area contributed by atoms with E-state index in [4.69, 9.17) is 9.47 Å². The van der Waals surface area contributed by atoms with Gasteiger partial charge in [0.2, 0.25) is 0 Å². The Morgan fingerprint density at radius 1 is 1.08 bits per heavy atom. The maximum Gasteiger partial charge on any atom is 0.313 e. The Morgan fingerprint density at radius 2 is 1.79 bits per heavy atom. The number of benzene rings is 2. The van der Waals surface area contributed by atoms with Crippen molar-refractivity contribution in [2.45, 2.75) is 6.42 Å². The van der Waals surface area contributed by atoms with E-state index in [0.29, 0.717) is 11.8 Å².